The van der Waals surface area contributed by atoms with Gasteiger partial charge in [0.2, 0.25) is 10.0 Å². The number of nitrogens with two attached hydrogens (primary N) is 1. The Balaban J connectivity index is 5.02. The van der Waals surface area contributed by atoms with Crippen LogP contribution in [0.5, 0.6) is 0 Å². The summed E-state index contributed by atoms with van der Waals surface area (Å²) in [5.41, 5.74) is 5.31. The van der Waals surface area contributed by atoms with Gasteiger partial charge in [0.25, 0.3) is 0 Å². The largest absolute Gasteiger partial charge is 0.329 e. The van der Waals surface area contributed by atoms with Crippen LogP contribution in [0.2, 0.25) is 0 Å². The number of rotatable bonds is 7. The van der Waals surface area contributed by atoms with Crippen molar-refractivity contribution in [2.45, 2.75) is 45.6 Å². The minimum Gasteiger partial charge on any atom is -0.329 e. The Bertz CT molecular complexity index is 263. The quantitative estimate of drug-likeness (QED) is 0.722. The molecule has 0 aliphatic heterocycles. The fraction of sp³-hybridized carbons (Fsp3) is 1.00. The van der Waals surface area contributed by atoms with Crippen LogP contribution in [-0.4, -0.2) is 37.6 Å². The molecule has 0 aromatic heterocycles. The molecular formula is C10H24N2O2S. The van der Waals surface area contributed by atoms with E-state index in [1.807, 2.05) is 20.8 Å². The van der Waals surface area contributed by atoms with E-state index in [4.69, 9.17) is 5.73 Å². The van der Waals surface area contributed by atoms with E-state index in [0.29, 0.717) is 13.0 Å². The molecule has 0 rings (SSSR count). The number of hydrogen-bond acceptors (Lipinski definition) is 3. The second kappa shape index (κ2) is 5.82. The lowest BCUT2D eigenvalue weighted by Crippen LogP contribution is -2.54. The highest BCUT2D eigenvalue weighted by molar-refractivity contribution is 7.89. The molecule has 4 nitrogen and oxygen atoms in total. The third-order valence-electron chi connectivity index (χ3n) is 3.24. The molecule has 0 aliphatic carbocycles. The Kier molecular flexibility index (Phi) is 5.77. The summed E-state index contributed by atoms with van der Waals surface area (Å²) < 4.78 is 25.3. The van der Waals surface area contributed by atoms with E-state index in [9.17, 15) is 8.42 Å². The van der Waals surface area contributed by atoms with Crippen molar-refractivity contribution in [3.05, 3.63) is 0 Å². The molecule has 0 aromatic carbocycles. The van der Waals surface area contributed by atoms with Crippen molar-refractivity contribution >= 4 is 10.0 Å². The molecule has 0 fully saturated rings. The Labute approximate surface area is 93.9 Å². The minimum atomic E-state index is -3.15. The van der Waals surface area contributed by atoms with Gasteiger partial charge in [0.1, 0.15) is 0 Å². The first kappa shape index (κ1) is 14.9. The maximum absolute atomic E-state index is 11.9. The number of sulfonamides is 1. The minimum absolute atomic E-state index is 0.200. The predicted octanol–water partition coefficient (Wildman–Crippen LogP) is 1.18. The normalized spacial score (nSPS) is 13.5. The van der Waals surface area contributed by atoms with E-state index >= 15 is 0 Å². The summed E-state index contributed by atoms with van der Waals surface area (Å²) in [6.07, 6.45) is 2.14. The van der Waals surface area contributed by atoms with Crippen LogP contribution < -0.4 is 5.73 Å². The van der Waals surface area contributed by atoms with Gasteiger partial charge in [0, 0.05) is 19.1 Å². The van der Waals surface area contributed by atoms with Crippen LogP contribution in [0, 0.1) is 0 Å². The SMILES string of the molecule is CCCS(=O)(=O)N(C)C(CC)(CC)CN. The molecule has 2 N–H and O–H groups in total. The van der Waals surface area contributed by atoms with Crippen LogP contribution in [0.3, 0.4) is 0 Å². The van der Waals surface area contributed by atoms with E-state index in [-0.39, 0.29) is 5.75 Å². The lowest BCUT2D eigenvalue weighted by molar-refractivity contribution is 0.208. The summed E-state index contributed by atoms with van der Waals surface area (Å²) in [5, 5.41) is 0. The molecule has 0 aromatic rings. The lowest BCUT2D eigenvalue weighted by atomic mass is 9.93. The first-order valence-corrected chi connectivity index (χ1v) is 7.17. The first-order chi connectivity index (χ1) is 6.90. The molecule has 0 atom stereocenters. The van der Waals surface area contributed by atoms with Crippen molar-refractivity contribution in [2.24, 2.45) is 5.73 Å². The summed E-state index contributed by atoms with van der Waals surface area (Å²) in [4.78, 5) is 0. The van der Waals surface area contributed by atoms with Crippen LogP contribution >= 0.6 is 0 Å². The van der Waals surface area contributed by atoms with Crippen molar-refractivity contribution in [2.75, 3.05) is 19.3 Å². The van der Waals surface area contributed by atoms with Crippen LogP contribution in [0.25, 0.3) is 0 Å². The standard InChI is InChI=1S/C10H24N2O2S/c1-5-8-15(13,14)12(4)10(6-2,7-3)9-11/h5-9,11H2,1-4H3. The molecule has 0 amide bonds. The molecule has 92 valence electrons. The molecule has 0 aliphatic rings. The van der Waals surface area contributed by atoms with E-state index < -0.39 is 15.6 Å². The van der Waals surface area contributed by atoms with Gasteiger partial charge in [-0.2, -0.15) is 4.31 Å². The van der Waals surface area contributed by atoms with E-state index in [1.165, 1.54) is 4.31 Å². The highest BCUT2D eigenvalue weighted by atomic mass is 32.2. The molecule has 0 bridgehead atoms. The molecule has 0 saturated heterocycles. The Morgan fingerprint density at radius 2 is 1.67 bits per heavy atom. The summed E-state index contributed by atoms with van der Waals surface area (Å²) in [6.45, 7) is 6.20. The number of hydrogen-bond donors (Lipinski definition) is 1. The van der Waals surface area contributed by atoms with Crippen LogP contribution in [0.4, 0.5) is 0 Å². The molecule has 15 heavy (non-hydrogen) atoms. The van der Waals surface area contributed by atoms with Gasteiger partial charge in [-0.3, -0.25) is 0 Å². The third-order valence-corrected chi connectivity index (χ3v) is 5.39. The van der Waals surface area contributed by atoms with Crippen LogP contribution in [0.1, 0.15) is 40.0 Å². The fourth-order valence-corrected chi connectivity index (χ4v) is 3.52. The van der Waals surface area contributed by atoms with Crippen molar-refractivity contribution in [3.8, 4) is 0 Å². The van der Waals surface area contributed by atoms with Gasteiger partial charge in [-0.15, -0.1) is 0 Å². The lowest BCUT2D eigenvalue weighted by Gasteiger charge is -2.38. The Hall–Kier alpha value is -0.130. The maximum Gasteiger partial charge on any atom is 0.214 e. The predicted molar refractivity (Wildman–Crippen MR) is 64.2 cm³/mol. The molecule has 0 unspecified atom stereocenters. The van der Waals surface area contributed by atoms with Gasteiger partial charge < -0.3 is 5.73 Å². The van der Waals surface area contributed by atoms with E-state index in [2.05, 4.69) is 0 Å². The summed E-state index contributed by atoms with van der Waals surface area (Å²) >= 11 is 0. The number of likely N-dealkylation sites (N-methyl/N-ethyl adjacent to an activating group) is 1. The fourth-order valence-electron chi connectivity index (χ4n) is 1.80. The summed E-state index contributed by atoms with van der Waals surface area (Å²) in [7, 11) is -1.51. The molecular weight excluding hydrogens is 212 g/mol. The highest BCUT2D eigenvalue weighted by Gasteiger charge is 2.36. The smallest absolute Gasteiger partial charge is 0.214 e. The molecule has 0 heterocycles. The van der Waals surface area contributed by atoms with Gasteiger partial charge in [0.05, 0.1) is 5.75 Å². The zero-order chi connectivity index (χ0) is 12.1. The second-order valence-corrected chi connectivity index (χ2v) is 6.04. The Morgan fingerprint density at radius 3 is 1.93 bits per heavy atom. The van der Waals surface area contributed by atoms with Gasteiger partial charge in [0.15, 0.2) is 0 Å². The summed E-state index contributed by atoms with van der Waals surface area (Å²) in [5.74, 6) is 0.200. The third kappa shape index (κ3) is 3.16. The van der Waals surface area contributed by atoms with Gasteiger partial charge in [-0.1, -0.05) is 20.8 Å². The number of nitrogens with zero attached hydrogens (tertiary/aromatic N) is 1. The molecule has 0 spiro atoms. The van der Waals surface area contributed by atoms with Crippen LogP contribution in [-0.2, 0) is 10.0 Å². The first-order valence-electron chi connectivity index (χ1n) is 5.57. The Morgan fingerprint density at radius 1 is 1.20 bits per heavy atom. The van der Waals surface area contributed by atoms with Gasteiger partial charge in [-0.05, 0) is 19.3 Å². The second-order valence-electron chi connectivity index (χ2n) is 3.92. The molecule has 5 heteroatoms. The van der Waals surface area contributed by atoms with Crippen molar-refractivity contribution in [3.63, 3.8) is 0 Å². The van der Waals surface area contributed by atoms with E-state index in [1.54, 1.807) is 7.05 Å². The van der Waals surface area contributed by atoms with E-state index in [0.717, 1.165) is 12.8 Å². The van der Waals surface area contributed by atoms with Gasteiger partial charge in [-0.25, -0.2) is 8.42 Å². The topological polar surface area (TPSA) is 63.4 Å². The molecule has 0 saturated carbocycles. The summed E-state index contributed by atoms with van der Waals surface area (Å²) in [6, 6.07) is 0. The van der Waals surface area contributed by atoms with Gasteiger partial charge >= 0.3 is 0 Å². The van der Waals surface area contributed by atoms with Crippen molar-refractivity contribution in [1.82, 2.24) is 4.31 Å². The zero-order valence-electron chi connectivity index (χ0n) is 10.3. The van der Waals surface area contributed by atoms with Crippen LogP contribution in [0.15, 0.2) is 0 Å². The average Bonchev–Trinajstić information content (AvgIpc) is 2.21. The zero-order valence-corrected chi connectivity index (χ0v) is 11.1. The van der Waals surface area contributed by atoms with Crippen molar-refractivity contribution < 1.29 is 8.42 Å². The van der Waals surface area contributed by atoms with Crippen molar-refractivity contribution in [1.29, 1.82) is 0 Å². The highest BCUT2D eigenvalue weighted by Crippen LogP contribution is 2.24. The average molecular weight is 236 g/mol. The molecule has 0 radical (unpaired) electrons. The maximum atomic E-state index is 11.9. The monoisotopic (exact) mass is 236 g/mol.